The van der Waals surface area contributed by atoms with Gasteiger partial charge in [-0.3, -0.25) is 4.79 Å². The molecule has 0 spiro atoms. The van der Waals surface area contributed by atoms with E-state index in [2.05, 4.69) is 27.7 Å². The summed E-state index contributed by atoms with van der Waals surface area (Å²) in [6.07, 6.45) is 1.61. The molecule has 1 heterocycles. The molecule has 1 saturated heterocycles. The number of nitrogens with two attached hydrogens (primary N) is 1. The first-order valence-electron chi connectivity index (χ1n) is 5.83. The van der Waals surface area contributed by atoms with E-state index in [-0.39, 0.29) is 17.4 Å². The number of hydrogen-bond donors (Lipinski definition) is 1. The van der Waals surface area contributed by atoms with E-state index >= 15 is 0 Å². The molecule has 3 nitrogen and oxygen atoms in total. The third-order valence-corrected chi connectivity index (χ3v) is 3.11. The van der Waals surface area contributed by atoms with Crippen LogP contribution < -0.4 is 5.73 Å². The van der Waals surface area contributed by atoms with Gasteiger partial charge in [-0.2, -0.15) is 0 Å². The van der Waals surface area contributed by atoms with Crippen molar-refractivity contribution in [3.8, 4) is 0 Å². The molecule has 0 radical (unpaired) electrons. The monoisotopic (exact) mass is 212 g/mol. The summed E-state index contributed by atoms with van der Waals surface area (Å²) in [6, 6.07) is 0.170. The van der Waals surface area contributed by atoms with Crippen molar-refractivity contribution in [1.82, 2.24) is 4.90 Å². The molecular weight excluding hydrogens is 188 g/mol. The molecule has 0 aliphatic carbocycles. The summed E-state index contributed by atoms with van der Waals surface area (Å²) in [5, 5.41) is 0. The van der Waals surface area contributed by atoms with Crippen molar-refractivity contribution in [2.75, 3.05) is 13.1 Å². The summed E-state index contributed by atoms with van der Waals surface area (Å²) < 4.78 is 0. The van der Waals surface area contributed by atoms with Crippen LogP contribution in [0, 0.1) is 11.3 Å². The van der Waals surface area contributed by atoms with Crippen LogP contribution in [-0.4, -0.2) is 29.9 Å². The number of nitrogens with zero attached hydrogens (tertiary/aromatic N) is 1. The average Bonchev–Trinajstić information content (AvgIpc) is 2.42. The highest BCUT2D eigenvalue weighted by Crippen LogP contribution is 2.22. The molecule has 0 bridgehead atoms. The Balaban J connectivity index is 2.36. The normalized spacial score (nSPS) is 27.1. The molecule has 0 aromatic rings. The minimum Gasteiger partial charge on any atom is -0.341 e. The van der Waals surface area contributed by atoms with Gasteiger partial charge in [0.05, 0.1) is 0 Å². The van der Waals surface area contributed by atoms with Gasteiger partial charge in [0.2, 0.25) is 5.91 Å². The average molecular weight is 212 g/mol. The maximum absolute atomic E-state index is 11.9. The van der Waals surface area contributed by atoms with Crippen LogP contribution in [-0.2, 0) is 4.79 Å². The lowest BCUT2D eigenvalue weighted by Crippen LogP contribution is -2.32. The fraction of sp³-hybridized carbons (Fsp3) is 0.917. The third-order valence-electron chi connectivity index (χ3n) is 3.11. The molecular formula is C12H24N2O. The maximum atomic E-state index is 11.9. The van der Waals surface area contributed by atoms with Crippen LogP contribution in [0.5, 0.6) is 0 Å². The van der Waals surface area contributed by atoms with Crippen molar-refractivity contribution >= 4 is 5.91 Å². The molecule has 2 N–H and O–H groups in total. The summed E-state index contributed by atoms with van der Waals surface area (Å²) in [4.78, 5) is 13.8. The Labute approximate surface area is 93.0 Å². The van der Waals surface area contributed by atoms with Crippen LogP contribution in [0.1, 0.15) is 40.5 Å². The summed E-state index contributed by atoms with van der Waals surface area (Å²) in [6.45, 7) is 10.2. The minimum atomic E-state index is 0.170. The van der Waals surface area contributed by atoms with Crippen LogP contribution >= 0.6 is 0 Å². The van der Waals surface area contributed by atoms with Crippen LogP contribution in [0.2, 0.25) is 0 Å². The van der Waals surface area contributed by atoms with Crippen LogP contribution in [0.25, 0.3) is 0 Å². The van der Waals surface area contributed by atoms with Gasteiger partial charge in [0.25, 0.3) is 0 Å². The first-order chi connectivity index (χ1) is 6.79. The molecule has 3 heteroatoms. The zero-order chi connectivity index (χ0) is 11.6. The highest BCUT2D eigenvalue weighted by atomic mass is 16.2. The Morgan fingerprint density at radius 2 is 2.00 bits per heavy atom. The zero-order valence-electron chi connectivity index (χ0n) is 10.4. The van der Waals surface area contributed by atoms with E-state index in [0.29, 0.717) is 12.3 Å². The lowest BCUT2D eigenvalue weighted by Gasteiger charge is -2.21. The minimum absolute atomic E-state index is 0.170. The molecule has 1 aliphatic rings. The van der Waals surface area contributed by atoms with Crippen molar-refractivity contribution in [2.24, 2.45) is 17.1 Å². The lowest BCUT2D eigenvalue weighted by atomic mass is 9.90. The second kappa shape index (κ2) is 4.52. The molecule has 1 fully saturated rings. The van der Waals surface area contributed by atoms with E-state index < -0.39 is 0 Å². The smallest absolute Gasteiger partial charge is 0.222 e. The van der Waals surface area contributed by atoms with Gasteiger partial charge in [0, 0.05) is 25.6 Å². The number of rotatable bonds is 2. The number of carbonyl (C=O) groups excluding carboxylic acids is 1. The van der Waals surface area contributed by atoms with Crippen molar-refractivity contribution in [3.63, 3.8) is 0 Å². The third kappa shape index (κ3) is 3.82. The molecule has 2 atom stereocenters. The molecule has 1 aliphatic heterocycles. The second-order valence-electron chi connectivity index (χ2n) is 6.00. The highest BCUT2D eigenvalue weighted by molar-refractivity contribution is 5.76. The summed E-state index contributed by atoms with van der Waals surface area (Å²) in [5.74, 6) is 0.716. The van der Waals surface area contributed by atoms with Crippen molar-refractivity contribution < 1.29 is 4.79 Å². The Morgan fingerprint density at radius 1 is 1.40 bits per heavy atom. The van der Waals surface area contributed by atoms with Crippen molar-refractivity contribution in [3.05, 3.63) is 0 Å². The molecule has 15 heavy (non-hydrogen) atoms. The molecule has 1 rings (SSSR count). The van der Waals surface area contributed by atoms with Crippen LogP contribution in [0.4, 0.5) is 0 Å². The maximum Gasteiger partial charge on any atom is 0.222 e. The van der Waals surface area contributed by atoms with Gasteiger partial charge in [-0.15, -0.1) is 0 Å². The quantitative estimate of drug-likeness (QED) is 0.756. The Hall–Kier alpha value is -0.570. The first kappa shape index (κ1) is 12.5. The predicted molar refractivity (Wildman–Crippen MR) is 62.4 cm³/mol. The van der Waals surface area contributed by atoms with E-state index in [1.807, 2.05) is 4.90 Å². The lowest BCUT2D eigenvalue weighted by molar-refractivity contribution is -0.130. The Kier molecular flexibility index (Phi) is 3.77. The van der Waals surface area contributed by atoms with E-state index in [1.165, 1.54) is 0 Å². The fourth-order valence-corrected chi connectivity index (χ4v) is 1.84. The van der Waals surface area contributed by atoms with E-state index in [4.69, 9.17) is 5.73 Å². The molecule has 1 amide bonds. The highest BCUT2D eigenvalue weighted by Gasteiger charge is 2.29. The van der Waals surface area contributed by atoms with Gasteiger partial charge in [0.15, 0.2) is 0 Å². The Morgan fingerprint density at radius 3 is 2.40 bits per heavy atom. The topological polar surface area (TPSA) is 46.3 Å². The number of hydrogen-bond acceptors (Lipinski definition) is 2. The number of carbonyl (C=O) groups is 1. The molecule has 88 valence electrons. The van der Waals surface area contributed by atoms with Crippen LogP contribution in [0.3, 0.4) is 0 Å². The van der Waals surface area contributed by atoms with E-state index in [0.717, 1.165) is 19.5 Å². The fourth-order valence-electron chi connectivity index (χ4n) is 1.84. The predicted octanol–water partition coefficient (Wildman–Crippen LogP) is 1.62. The Bertz CT molecular complexity index is 222. The first-order valence-corrected chi connectivity index (χ1v) is 5.83. The summed E-state index contributed by atoms with van der Waals surface area (Å²) in [7, 11) is 0. The van der Waals surface area contributed by atoms with Gasteiger partial charge in [-0.05, 0) is 17.8 Å². The van der Waals surface area contributed by atoms with E-state index in [9.17, 15) is 4.79 Å². The van der Waals surface area contributed by atoms with Crippen molar-refractivity contribution in [1.29, 1.82) is 0 Å². The van der Waals surface area contributed by atoms with Crippen LogP contribution in [0.15, 0.2) is 0 Å². The second-order valence-corrected chi connectivity index (χ2v) is 6.00. The molecule has 0 aromatic heterocycles. The SMILES string of the molecule is CC1CN(C(=O)CCC(C)(C)C)CC1N. The van der Waals surface area contributed by atoms with E-state index in [1.54, 1.807) is 0 Å². The zero-order valence-corrected chi connectivity index (χ0v) is 10.4. The molecule has 0 aromatic carbocycles. The number of likely N-dealkylation sites (tertiary alicyclic amines) is 1. The van der Waals surface area contributed by atoms with Gasteiger partial charge in [-0.25, -0.2) is 0 Å². The molecule has 0 saturated carbocycles. The van der Waals surface area contributed by atoms with Crippen molar-refractivity contribution in [2.45, 2.75) is 46.6 Å². The van der Waals surface area contributed by atoms with Gasteiger partial charge in [0.1, 0.15) is 0 Å². The number of amides is 1. The largest absolute Gasteiger partial charge is 0.341 e. The van der Waals surface area contributed by atoms with Gasteiger partial charge < -0.3 is 10.6 Å². The molecule has 2 unspecified atom stereocenters. The summed E-state index contributed by atoms with van der Waals surface area (Å²) in [5.41, 5.74) is 6.13. The van der Waals surface area contributed by atoms with Gasteiger partial charge in [-0.1, -0.05) is 27.7 Å². The summed E-state index contributed by atoms with van der Waals surface area (Å²) >= 11 is 0. The van der Waals surface area contributed by atoms with Gasteiger partial charge >= 0.3 is 0 Å². The standard InChI is InChI=1S/C12H24N2O/c1-9-7-14(8-10(9)13)11(15)5-6-12(2,3)4/h9-10H,5-8,13H2,1-4H3.